The Labute approximate surface area is 152 Å². The van der Waals surface area contributed by atoms with Gasteiger partial charge in [0.1, 0.15) is 12.1 Å². The minimum Gasteiger partial charge on any atom is -0.400 e. The van der Waals surface area contributed by atoms with Crippen molar-refractivity contribution in [2.75, 3.05) is 5.75 Å². The van der Waals surface area contributed by atoms with Gasteiger partial charge in [0.15, 0.2) is 5.12 Å². The van der Waals surface area contributed by atoms with Crippen LogP contribution in [0.3, 0.4) is 0 Å². The molecule has 2 rings (SSSR count). The first-order valence-electron chi connectivity index (χ1n) is 7.99. The van der Waals surface area contributed by atoms with Crippen LogP contribution >= 0.6 is 11.8 Å². The van der Waals surface area contributed by atoms with Gasteiger partial charge < -0.3 is 9.31 Å². The van der Waals surface area contributed by atoms with Gasteiger partial charge in [0, 0.05) is 18.2 Å². The maximum absolute atomic E-state index is 13.7. The molecule has 4 nitrogen and oxygen atoms in total. The van der Waals surface area contributed by atoms with E-state index < -0.39 is 24.1 Å². The molecule has 0 atom stereocenters. The van der Waals surface area contributed by atoms with Crippen LogP contribution in [-0.4, -0.2) is 35.5 Å². The van der Waals surface area contributed by atoms with Crippen LogP contribution in [-0.2, 0) is 14.1 Å². The van der Waals surface area contributed by atoms with Gasteiger partial charge in [0.2, 0.25) is 0 Å². The summed E-state index contributed by atoms with van der Waals surface area (Å²) in [4.78, 5) is 22.3. The first-order chi connectivity index (χ1) is 11.5. The first-order valence-corrected chi connectivity index (χ1v) is 8.98. The van der Waals surface area contributed by atoms with Crippen molar-refractivity contribution in [1.29, 1.82) is 0 Å². The molecule has 0 N–H and O–H groups in total. The van der Waals surface area contributed by atoms with Crippen molar-refractivity contribution in [2.45, 2.75) is 45.8 Å². The molecule has 1 saturated heterocycles. The van der Waals surface area contributed by atoms with Crippen LogP contribution < -0.4 is 0 Å². The summed E-state index contributed by atoms with van der Waals surface area (Å²) in [6.07, 6.45) is 2.31. The fraction of sp³-hybridized carbons (Fsp3) is 0.444. The zero-order valence-corrected chi connectivity index (χ0v) is 15.9. The van der Waals surface area contributed by atoms with Gasteiger partial charge in [0.25, 0.3) is 0 Å². The molecule has 1 heterocycles. The Morgan fingerprint density at radius 3 is 2.24 bits per heavy atom. The van der Waals surface area contributed by atoms with Gasteiger partial charge in [-0.05, 0) is 56.9 Å². The van der Waals surface area contributed by atoms with E-state index in [2.05, 4.69) is 0 Å². The quantitative estimate of drug-likeness (QED) is 0.585. The lowest BCUT2D eigenvalue weighted by atomic mass is 9.78. The summed E-state index contributed by atoms with van der Waals surface area (Å²) in [6, 6.07) is 4.08. The van der Waals surface area contributed by atoms with Gasteiger partial charge in [-0.2, -0.15) is 0 Å². The maximum Gasteiger partial charge on any atom is 0.491 e. The second-order valence-corrected chi connectivity index (χ2v) is 8.18. The summed E-state index contributed by atoms with van der Waals surface area (Å²) in [5.74, 6) is -0.137. The highest BCUT2D eigenvalue weighted by atomic mass is 32.2. The van der Waals surface area contributed by atoms with Gasteiger partial charge in [0.05, 0.1) is 11.2 Å². The van der Waals surface area contributed by atoms with Crippen LogP contribution in [0.2, 0.25) is 0 Å². The summed E-state index contributed by atoms with van der Waals surface area (Å²) in [5, 5.41) is -0.0322. The summed E-state index contributed by atoms with van der Waals surface area (Å²) in [7, 11) is -0.639. The van der Waals surface area contributed by atoms with E-state index in [1.54, 1.807) is 12.1 Å². The predicted octanol–water partition coefficient (Wildman–Crippen LogP) is 3.93. The van der Waals surface area contributed by atoms with E-state index in [4.69, 9.17) is 9.31 Å². The van der Waals surface area contributed by atoms with Crippen molar-refractivity contribution < 1.29 is 23.3 Å². The average Bonchev–Trinajstić information content (AvgIpc) is 2.70. The van der Waals surface area contributed by atoms with Crippen LogP contribution in [0.15, 0.2) is 23.7 Å². The lowest BCUT2D eigenvalue weighted by Gasteiger charge is -2.32. The zero-order chi connectivity index (χ0) is 18.8. The second kappa shape index (κ2) is 7.44. The van der Waals surface area contributed by atoms with E-state index in [1.165, 1.54) is 19.1 Å². The number of rotatable bonds is 5. The summed E-state index contributed by atoms with van der Waals surface area (Å²) in [6.45, 7) is 9.24. The Kier molecular flexibility index (Phi) is 5.91. The molecule has 7 heteroatoms. The molecule has 0 bridgehead atoms. The van der Waals surface area contributed by atoms with Crippen LogP contribution in [0, 0.1) is 5.82 Å². The molecule has 0 spiro atoms. The lowest BCUT2D eigenvalue weighted by molar-refractivity contribution is -0.109. The molecule has 1 aliphatic rings. The van der Waals surface area contributed by atoms with Crippen molar-refractivity contribution in [3.05, 3.63) is 40.6 Å². The highest BCUT2D eigenvalue weighted by molar-refractivity contribution is 8.13. The summed E-state index contributed by atoms with van der Waals surface area (Å²) in [5.41, 5.74) is 0.442. The average molecular weight is 364 g/mol. The molecule has 0 saturated carbocycles. The molecule has 0 amide bonds. The van der Waals surface area contributed by atoms with Gasteiger partial charge in [-0.1, -0.05) is 17.8 Å². The van der Waals surface area contributed by atoms with E-state index in [9.17, 15) is 14.0 Å². The number of benzene rings is 1. The van der Waals surface area contributed by atoms with Crippen molar-refractivity contribution in [3.8, 4) is 0 Å². The normalized spacial score (nSPS) is 19.1. The minimum absolute atomic E-state index is 0.0322. The molecule has 25 heavy (non-hydrogen) atoms. The molecular weight excluding hydrogens is 342 g/mol. The van der Waals surface area contributed by atoms with Gasteiger partial charge in [-0.15, -0.1) is 0 Å². The molecule has 0 unspecified atom stereocenters. The number of aldehydes is 1. The third-order valence-corrected chi connectivity index (χ3v) is 5.31. The van der Waals surface area contributed by atoms with Crippen LogP contribution in [0.1, 0.15) is 50.5 Å². The van der Waals surface area contributed by atoms with Crippen molar-refractivity contribution in [2.24, 2.45) is 0 Å². The third kappa shape index (κ3) is 4.81. The number of hydrogen-bond donors (Lipinski definition) is 0. The molecule has 1 aromatic carbocycles. The first kappa shape index (κ1) is 19.9. The Hall–Kier alpha value is -1.44. The van der Waals surface area contributed by atoms with E-state index in [1.807, 2.05) is 27.7 Å². The van der Waals surface area contributed by atoms with E-state index in [0.717, 1.165) is 11.8 Å². The third-order valence-electron chi connectivity index (χ3n) is 4.43. The van der Waals surface area contributed by atoms with Crippen LogP contribution in [0.5, 0.6) is 0 Å². The maximum atomic E-state index is 13.7. The largest absolute Gasteiger partial charge is 0.491 e. The van der Waals surface area contributed by atoms with Crippen molar-refractivity contribution >= 4 is 36.4 Å². The number of hydrogen-bond acceptors (Lipinski definition) is 5. The van der Waals surface area contributed by atoms with Crippen LogP contribution in [0.4, 0.5) is 4.39 Å². The Morgan fingerprint density at radius 1 is 1.16 bits per heavy atom. The summed E-state index contributed by atoms with van der Waals surface area (Å²) >= 11 is 1.13. The van der Waals surface area contributed by atoms with Gasteiger partial charge >= 0.3 is 7.12 Å². The molecule has 1 fully saturated rings. The zero-order valence-electron chi connectivity index (χ0n) is 15.1. The predicted molar refractivity (Wildman–Crippen MR) is 99.0 cm³/mol. The SMILES string of the molecule is CC(=O)SCC(=Cc1cc(F)cc(C=O)c1)B1OC(C)(C)C(C)(C)O1. The van der Waals surface area contributed by atoms with Crippen molar-refractivity contribution in [1.82, 2.24) is 0 Å². The Morgan fingerprint density at radius 2 is 1.72 bits per heavy atom. The minimum atomic E-state index is -0.639. The Bertz CT molecular complexity index is 699. The van der Waals surface area contributed by atoms with E-state index in [0.29, 0.717) is 23.1 Å². The highest BCUT2D eigenvalue weighted by Crippen LogP contribution is 2.39. The lowest BCUT2D eigenvalue weighted by Crippen LogP contribution is -2.41. The molecule has 0 aromatic heterocycles. The molecular formula is C18H22BFO4S. The standard InChI is InChI=1S/C18H22BFO4S/c1-12(22)25-11-15(19-23-17(2,3)18(4,5)24-19)7-13-6-14(10-21)9-16(20)8-13/h6-10H,11H2,1-5H3. The summed E-state index contributed by atoms with van der Waals surface area (Å²) < 4.78 is 25.8. The Balaban J connectivity index is 2.38. The molecule has 0 aliphatic carbocycles. The number of carbonyl (C=O) groups is 2. The monoisotopic (exact) mass is 364 g/mol. The fourth-order valence-corrected chi connectivity index (χ4v) is 2.95. The van der Waals surface area contributed by atoms with Crippen molar-refractivity contribution in [3.63, 3.8) is 0 Å². The van der Waals surface area contributed by atoms with Gasteiger partial charge in [-0.3, -0.25) is 9.59 Å². The molecule has 1 aromatic rings. The van der Waals surface area contributed by atoms with E-state index in [-0.39, 0.29) is 10.7 Å². The second-order valence-electron chi connectivity index (χ2n) is 7.02. The molecule has 0 radical (unpaired) electrons. The topological polar surface area (TPSA) is 52.6 Å². The van der Waals surface area contributed by atoms with Gasteiger partial charge in [-0.25, -0.2) is 4.39 Å². The number of thioether (sulfide) groups is 1. The van der Waals surface area contributed by atoms with E-state index >= 15 is 0 Å². The molecule has 1 aliphatic heterocycles. The highest BCUT2D eigenvalue weighted by Gasteiger charge is 2.52. The fourth-order valence-electron chi connectivity index (χ4n) is 2.36. The number of halogens is 1. The van der Waals surface area contributed by atoms with Crippen LogP contribution in [0.25, 0.3) is 6.08 Å². The molecule has 134 valence electrons. The smallest absolute Gasteiger partial charge is 0.400 e. The number of carbonyl (C=O) groups excluding carboxylic acids is 2.